The van der Waals surface area contributed by atoms with E-state index in [-0.39, 0.29) is 5.97 Å². The lowest BCUT2D eigenvalue weighted by Gasteiger charge is -2.29. The van der Waals surface area contributed by atoms with E-state index in [1.54, 1.807) is 12.1 Å². The second-order valence-electron chi connectivity index (χ2n) is 5.95. The molecular formula is C18H24O3. The predicted octanol–water partition coefficient (Wildman–Crippen LogP) is 3.80. The highest BCUT2D eigenvalue weighted by Crippen LogP contribution is 2.33. The van der Waals surface area contributed by atoms with Crippen LogP contribution < -0.4 is 0 Å². The van der Waals surface area contributed by atoms with Crippen LogP contribution in [0.1, 0.15) is 54.4 Å². The van der Waals surface area contributed by atoms with Gasteiger partial charge in [-0.15, -0.1) is 0 Å². The number of carbonyl (C=O) groups excluding carboxylic acids is 2. The van der Waals surface area contributed by atoms with Gasteiger partial charge in [0.15, 0.2) is 0 Å². The summed E-state index contributed by atoms with van der Waals surface area (Å²) in [4.78, 5) is 22.4. The van der Waals surface area contributed by atoms with Crippen molar-refractivity contribution in [2.24, 2.45) is 11.8 Å². The summed E-state index contributed by atoms with van der Waals surface area (Å²) in [6, 6.07) is 7.57. The maximum absolute atomic E-state index is 11.4. The minimum absolute atomic E-state index is 0.307. The van der Waals surface area contributed by atoms with Crippen LogP contribution in [0.4, 0.5) is 0 Å². The molecule has 3 heteroatoms. The van der Waals surface area contributed by atoms with Gasteiger partial charge in [0, 0.05) is 6.42 Å². The molecule has 1 aromatic rings. The highest BCUT2D eigenvalue weighted by atomic mass is 16.5. The number of aldehydes is 1. The smallest absolute Gasteiger partial charge is 0.337 e. The van der Waals surface area contributed by atoms with Crippen LogP contribution in [-0.4, -0.2) is 19.4 Å². The normalized spacial score (nSPS) is 17.2. The molecular weight excluding hydrogens is 264 g/mol. The molecule has 0 saturated heterocycles. The topological polar surface area (TPSA) is 43.4 Å². The van der Waals surface area contributed by atoms with Gasteiger partial charge in [0.1, 0.15) is 6.29 Å². The van der Waals surface area contributed by atoms with Gasteiger partial charge in [-0.05, 0) is 36.0 Å². The van der Waals surface area contributed by atoms with Gasteiger partial charge in [-0.25, -0.2) is 4.79 Å². The summed E-state index contributed by atoms with van der Waals surface area (Å²) in [5.74, 6) is 0.800. The van der Waals surface area contributed by atoms with E-state index in [1.165, 1.54) is 44.8 Å². The third-order valence-corrected chi connectivity index (χ3v) is 4.59. The minimum Gasteiger partial charge on any atom is -0.465 e. The molecule has 1 saturated carbocycles. The highest BCUT2D eigenvalue weighted by Gasteiger charge is 2.23. The number of benzene rings is 1. The van der Waals surface area contributed by atoms with E-state index < -0.39 is 0 Å². The molecule has 21 heavy (non-hydrogen) atoms. The fraction of sp³-hybridized carbons (Fsp3) is 0.556. The van der Waals surface area contributed by atoms with Crippen molar-refractivity contribution in [3.8, 4) is 0 Å². The minimum atomic E-state index is -0.307. The first-order chi connectivity index (χ1) is 10.2. The van der Waals surface area contributed by atoms with Crippen molar-refractivity contribution in [3.63, 3.8) is 0 Å². The van der Waals surface area contributed by atoms with Crippen molar-refractivity contribution < 1.29 is 14.3 Å². The molecule has 0 heterocycles. The molecule has 0 bridgehead atoms. The van der Waals surface area contributed by atoms with Crippen LogP contribution in [0.25, 0.3) is 0 Å². The van der Waals surface area contributed by atoms with E-state index in [9.17, 15) is 9.59 Å². The maximum Gasteiger partial charge on any atom is 0.337 e. The van der Waals surface area contributed by atoms with Crippen LogP contribution in [-0.2, 0) is 16.0 Å². The Bertz CT molecular complexity index is 458. The first-order valence-electron chi connectivity index (χ1n) is 7.85. The monoisotopic (exact) mass is 288 g/mol. The van der Waals surface area contributed by atoms with Crippen molar-refractivity contribution in [1.29, 1.82) is 0 Å². The zero-order valence-electron chi connectivity index (χ0n) is 12.7. The summed E-state index contributed by atoms with van der Waals surface area (Å²) in [6.45, 7) is 0. The average molecular weight is 288 g/mol. The number of methoxy groups -OCH3 is 1. The molecule has 0 amide bonds. The van der Waals surface area contributed by atoms with Crippen LogP contribution >= 0.6 is 0 Å². The zero-order chi connectivity index (χ0) is 15.1. The standard InChI is InChI=1S/C18H24O3/c1-21-18(20)16-9-7-14(8-10-16)13-17(11-12-19)15-5-3-2-4-6-15/h7-10,12,15,17H,2-6,11,13H2,1H3. The van der Waals surface area contributed by atoms with Crippen molar-refractivity contribution in [1.82, 2.24) is 0 Å². The molecule has 1 aliphatic carbocycles. The Labute approximate surface area is 126 Å². The number of carbonyl (C=O) groups is 2. The first-order valence-corrected chi connectivity index (χ1v) is 7.85. The average Bonchev–Trinajstić information content (AvgIpc) is 2.55. The molecule has 0 aliphatic heterocycles. The van der Waals surface area contributed by atoms with Gasteiger partial charge in [0.2, 0.25) is 0 Å². The molecule has 1 atom stereocenters. The summed E-state index contributed by atoms with van der Waals surface area (Å²) in [7, 11) is 1.39. The third-order valence-electron chi connectivity index (χ3n) is 4.59. The number of hydrogen-bond acceptors (Lipinski definition) is 3. The quantitative estimate of drug-likeness (QED) is 0.590. The van der Waals surface area contributed by atoms with Crippen LogP contribution in [0.3, 0.4) is 0 Å². The largest absolute Gasteiger partial charge is 0.465 e. The molecule has 1 aliphatic rings. The summed E-state index contributed by atoms with van der Waals surface area (Å²) in [5, 5.41) is 0. The van der Waals surface area contributed by atoms with Crippen molar-refractivity contribution in [2.45, 2.75) is 44.9 Å². The van der Waals surface area contributed by atoms with Gasteiger partial charge in [-0.1, -0.05) is 44.2 Å². The number of ether oxygens (including phenoxy) is 1. The van der Waals surface area contributed by atoms with E-state index in [0.717, 1.165) is 12.7 Å². The molecule has 3 nitrogen and oxygen atoms in total. The summed E-state index contributed by atoms with van der Waals surface area (Å²) < 4.78 is 4.71. The summed E-state index contributed by atoms with van der Waals surface area (Å²) in [5.41, 5.74) is 1.77. The molecule has 0 N–H and O–H groups in total. The lowest BCUT2D eigenvalue weighted by atomic mass is 9.76. The molecule has 0 spiro atoms. The molecule has 1 unspecified atom stereocenters. The SMILES string of the molecule is COC(=O)c1ccc(CC(CC=O)C2CCCCC2)cc1. The second-order valence-corrected chi connectivity index (χ2v) is 5.95. The highest BCUT2D eigenvalue weighted by molar-refractivity contribution is 5.89. The van der Waals surface area contributed by atoms with Crippen LogP contribution in [0, 0.1) is 11.8 Å². The maximum atomic E-state index is 11.4. The Hall–Kier alpha value is -1.64. The Morgan fingerprint density at radius 3 is 2.48 bits per heavy atom. The zero-order valence-corrected chi connectivity index (χ0v) is 12.7. The molecule has 2 rings (SSSR count). The van der Waals surface area contributed by atoms with E-state index in [2.05, 4.69) is 0 Å². The van der Waals surface area contributed by atoms with Crippen LogP contribution in [0.5, 0.6) is 0 Å². The molecule has 114 valence electrons. The first kappa shape index (κ1) is 15.7. The van der Waals surface area contributed by atoms with Crippen LogP contribution in [0.2, 0.25) is 0 Å². The second kappa shape index (κ2) is 7.96. The van der Waals surface area contributed by atoms with Gasteiger partial charge >= 0.3 is 5.97 Å². The number of esters is 1. The fourth-order valence-corrected chi connectivity index (χ4v) is 3.37. The van der Waals surface area contributed by atoms with Gasteiger partial charge in [0.05, 0.1) is 12.7 Å². The Morgan fingerprint density at radius 1 is 1.24 bits per heavy atom. The van der Waals surface area contributed by atoms with Crippen molar-refractivity contribution in [2.75, 3.05) is 7.11 Å². The van der Waals surface area contributed by atoms with E-state index in [0.29, 0.717) is 23.8 Å². The van der Waals surface area contributed by atoms with Crippen LogP contribution in [0.15, 0.2) is 24.3 Å². The molecule has 1 fully saturated rings. The van der Waals surface area contributed by atoms with Gasteiger partial charge in [-0.3, -0.25) is 0 Å². The van der Waals surface area contributed by atoms with E-state index in [4.69, 9.17) is 4.74 Å². The van der Waals surface area contributed by atoms with Gasteiger partial charge < -0.3 is 9.53 Å². The molecule has 0 aromatic heterocycles. The Balaban J connectivity index is 2.02. The fourth-order valence-electron chi connectivity index (χ4n) is 3.37. The molecule has 0 radical (unpaired) electrons. The van der Waals surface area contributed by atoms with E-state index in [1.807, 2.05) is 12.1 Å². The Morgan fingerprint density at radius 2 is 1.90 bits per heavy atom. The number of rotatable bonds is 6. The molecule has 1 aromatic carbocycles. The van der Waals surface area contributed by atoms with E-state index >= 15 is 0 Å². The summed E-state index contributed by atoms with van der Waals surface area (Å²) in [6.07, 6.45) is 9.04. The lowest BCUT2D eigenvalue weighted by Crippen LogP contribution is -2.20. The van der Waals surface area contributed by atoms with Gasteiger partial charge in [0.25, 0.3) is 0 Å². The number of hydrogen-bond donors (Lipinski definition) is 0. The van der Waals surface area contributed by atoms with Gasteiger partial charge in [-0.2, -0.15) is 0 Å². The Kier molecular flexibility index (Phi) is 5.97. The summed E-state index contributed by atoms with van der Waals surface area (Å²) >= 11 is 0. The van der Waals surface area contributed by atoms with Crippen molar-refractivity contribution in [3.05, 3.63) is 35.4 Å². The predicted molar refractivity (Wildman–Crippen MR) is 82.2 cm³/mol. The lowest BCUT2D eigenvalue weighted by molar-refractivity contribution is -0.109. The third kappa shape index (κ3) is 4.42. The van der Waals surface area contributed by atoms with Crippen molar-refractivity contribution >= 4 is 12.3 Å².